The van der Waals surface area contributed by atoms with Crippen LogP contribution in [0.25, 0.3) is 0 Å². The second kappa shape index (κ2) is 10.4. The number of carbonyl (C=O) groups excluding carboxylic acids is 1. The molecule has 1 heterocycles. The summed E-state index contributed by atoms with van der Waals surface area (Å²) in [5, 5.41) is 1.30. The van der Waals surface area contributed by atoms with Crippen LogP contribution >= 0.6 is 23.2 Å². The van der Waals surface area contributed by atoms with Crippen molar-refractivity contribution in [2.75, 3.05) is 19.6 Å². The summed E-state index contributed by atoms with van der Waals surface area (Å²) in [5.74, 6) is -0.698. The second-order valence-corrected chi connectivity index (χ2v) is 11.9. The lowest BCUT2D eigenvalue weighted by molar-refractivity contribution is 0.00645. The lowest BCUT2D eigenvalue weighted by Gasteiger charge is -2.43. The molecule has 0 spiro atoms. The average molecular weight is 522 g/mol. The Bertz CT molecular complexity index is 1080. The number of esters is 1. The van der Waals surface area contributed by atoms with E-state index in [1.54, 1.807) is 39.0 Å². The monoisotopic (exact) mass is 520 g/mol. The fraction of sp³-hybridized carbons (Fsp3) is 0.536. The third kappa shape index (κ3) is 6.56. The van der Waals surface area contributed by atoms with Crippen molar-refractivity contribution in [1.82, 2.24) is 9.80 Å². The standard InChI is InChI=1S/C28H35Cl2FN2O2/c1-17-15-32(8-9-33(17)18(2)20-10-22(29)13-23(30)11-20)16-21-12-26(31)25(14-24(21)19-6-7-19)27(34)35-28(3,4)5/h10-14,17-19H,6-9,15-16H2,1-5H3/t17-,18-/m1/s1. The maximum absolute atomic E-state index is 15.0. The van der Waals surface area contributed by atoms with E-state index in [4.69, 9.17) is 27.9 Å². The molecule has 1 aliphatic carbocycles. The molecule has 0 aromatic heterocycles. The zero-order valence-electron chi connectivity index (χ0n) is 21.2. The Balaban J connectivity index is 1.47. The Morgan fingerprint density at radius 1 is 1.11 bits per heavy atom. The number of rotatable bonds is 6. The predicted octanol–water partition coefficient (Wildman–Crippen LogP) is 7.23. The molecule has 190 valence electrons. The smallest absolute Gasteiger partial charge is 0.341 e. The topological polar surface area (TPSA) is 32.8 Å². The van der Waals surface area contributed by atoms with E-state index in [9.17, 15) is 4.79 Å². The summed E-state index contributed by atoms with van der Waals surface area (Å²) in [5.41, 5.74) is 2.55. The van der Waals surface area contributed by atoms with Crippen molar-refractivity contribution >= 4 is 29.2 Å². The van der Waals surface area contributed by atoms with Gasteiger partial charge in [0.2, 0.25) is 0 Å². The largest absolute Gasteiger partial charge is 0.456 e. The minimum atomic E-state index is -0.661. The molecule has 0 radical (unpaired) electrons. The van der Waals surface area contributed by atoms with Gasteiger partial charge in [0.15, 0.2) is 0 Å². The third-order valence-corrected chi connectivity index (χ3v) is 7.32. The summed E-state index contributed by atoms with van der Waals surface area (Å²) in [6.07, 6.45) is 2.16. The molecule has 7 heteroatoms. The zero-order chi connectivity index (χ0) is 25.5. The van der Waals surface area contributed by atoms with E-state index >= 15 is 4.39 Å². The molecule has 2 aliphatic rings. The molecular weight excluding hydrogens is 486 g/mol. The van der Waals surface area contributed by atoms with Crippen molar-refractivity contribution in [3.8, 4) is 0 Å². The van der Waals surface area contributed by atoms with Gasteiger partial charge in [-0.05, 0) is 100 Å². The van der Waals surface area contributed by atoms with E-state index < -0.39 is 17.4 Å². The molecule has 2 aromatic rings. The van der Waals surface area contributed by atoms with Gasteiger partial charge >= 0.3 is 5.97 Å². The van der Waals surface area contributed by atoms with Gasteiger partial charge < -0.3 is 4.74 Å². The minimum absolute atomic E-state index is 0.0396. The van der Waals surface area contributed by atoms with Crippen LogP contribution in [-0.4, -0.2) is 47.0 Å². The van der Waals surface area contributed by atoms with Crippen molar-refractivity contribution in [2.45, 2.75) is 77.6 Å². The van der Waals surface area contributed by atoms with Gasteiger partial charge in [0.1, 0.15) is 11.4 Å². The van der Waals surface area contributed by atoms with Gasteiger partial charge in [0.05, 0.1) is 5.56 Å². The Labute approximate surface area is 218 Å². The fourth-order valence-electron chi connectivity index (χ4n) is 5.05. The van der Waals surface area contributed by atoms with E-state index in [1.165, 1.54) is 0 Å². The average Bonchev–Trinajstić information content (AvgIpc) is 3.57. The van der Waals surface area contributed by atoms with Crippen LogP contribution in [0.15, 0.2) is 30.3 Å². The molecule has 2 aromatic carbocycles. The highest BCUT2D eigenvalue weighted by Crippen LogP contribution is 2.43. The van der Waals surface area contributed by atoms with Crippen LogP contribution in [0.4, 0.5) is 4.39 Å². The van der Waals surface area contributed by atoms with Crippen LogP contribution in [-0.2, 0) is 11.3 Å². The van der Waals surface area contributed by atoms with Gasteiger partial charge in [0.25, 0.3) is 0 Å². The van der Waals surface area contributed by atoms with Crippen molar-refractivity contribution in [3.05, 3.63) is 68.4 Å². The zero-order valence-corrected chi connectivity index (χ0v) is 22.7. The molecule has 0 N–H and O–H groups in total. The molecule has 0 bridgehead atoms. The number of hydrogen-bond acceptors (Lipinski definition) is 4. The van der Waals surface area contributed by atoms with Crippen LogP contribution in [0.5, 0.6) is 0 Å². The van der Waals surface area contributed by atoms with E-state index in [0.29, 0.717) is 28.5 Å². The maximum Gasteiger partial charge on any atom is 0.341 e. The van der Waals surface area contributed by atoms with Gasteiger partial charge in [-0.15, -0.1) is 0 Å². The molecule has 1 saturated heterocycles. The van der Waals surface area contributed by atoms with Crippen molar-refractivity contribution in [3.63, 3.8) is 0 Å². The number of carbonyl (C=O) groups is 1. The Morgan fingerprint density at radius 3 is 2.34 bits per heavy atom. The predicted molar refractivity (Wildman–Crippen MR) is 140 cm³/mol. The van der Waals surface area contributed by atoms with E-state index in [1.807, 2.05) is 12.1 Å². The Kier molecular flexibility index (Phi) is 7.82. The number of halogens is 3. The molecule has 2 atom stereocenters. The SMILES string of the molecule is C[C@@H]1CN(Cc2cc(F)c(C(=O)OC(C)(C)C)cc2C2CC2)CCN1[C@H](C)c1cc(Cl)cc(Cl)c1. The highest BCUT2D eigenvalue weighted by atomic mass is 35.5. The number of piperazine rings is 1. The van der Waals surface area contributed by atoms with Crippen LogP contribution < -0.4 is 0 Å². The van der Waals surface area contributed by atoms with Crippen LogP contribution in [0.1, 0.15) is 86.5 Å². The normalized spacial score (nSPS) is 20.6. The first kappa shape index (κ1) is 26.4. The van der Waals surface area contributed by atoms with Crippen molar-refractivity contribution in [1.29, 1.82) is 0 Å². The first-order valence-corrected chi connectivity index (χ1v) is 13.2. The van der Waals surface area contributed by atoms with Gasteiger partial charge in [-0.2, -0.15) is 0 Å². The van der Waals surface area contributed by atoms with Gasteiger partial charge in [-0.1, -0.05) is 23.2 Å². The summed E-state index contributed by atoms with van der Waals surface area (Å²) in [6, 6.07) is 9.51. The van der Waals surface area contributed by atoms with Crippen molar-refractivity contribution in [2.24, 2.45) is 0 Å². The first-order valence-electron chi connectivity index (χ1n) is 12.4. The van der Waals surface area contributed by atoms with Crippen LogP contribution in [0, 0.1) is 5.82 Å². The quantitative estimate of drug-likeness (QED) is 0.376. The number of ether oxygens (including phenoxy) is 1. The van der Waals surface area contributed by atoms with Crippen molar-refractivity contribution < 1.29 is 13.9 Å². The lowest BCUT2D eigenvalue weighted by Crippen LogP contribution is -2.52. The van der Waals surface area contributed by atoms with Gasteiger partial charge in [-0.25, -0.2) is 9.18 Å². The Morgan fingerprint density at radius 2 is 1.77 bits per heavy atom. The molecule has 4 nitrogen and oxygen atoms in total. The summed E-state index contributed by atoms with van der Waals surface area (Å²) >= 11 is 12.5. The van der Waals surface area contributed by atoms with E-state index in [2.05, 4.69) is 23.6 Å². The highest BCUT2D eigenvalue weighted by Gasteiger charge is 2.32. The van der Waals surface area contributed by atoms with Gasteiger partial charge in [0, 0.05) is 48.3 Å². The maximum atomic E-state index is 15.0. The van der Waals surface area contributed by atoms with Gasteiger partial charge in [-0.3, -0.25) is 9.80 Å². The highest BCUT2D eigenvalue weighted by molar-refractivity contribution is 6.34. The minimum Gasteiger partial charge on any atom is -0.456 e. The molecule has 0 amide bonds. The van der Waals surface area contributed by atoms with Crippen LogP contribution in [0.2, 0.25) is 10.0 Å². The molecule has 4 rings (SSSR count). The van der Waals surface area contributed by atoms with E-state index in [0.717, 1.165) is 49.2 Å². The van der Waals surface area contributed by atoms with E-state index in [-0.39, 0.29) is 11.6 Å². The second-order valence-electron chi connectivity index (χ2n) is 11.0. The summed E-state index contributed by atoms with van der Waals surface area (Å²) in [7, 11) is 0. The number of hydrogen-bond donors (Lipinski definition) is 0. The fourth-order valence-corrected chi connectivity index (χ4v) is 5.59. The molecule has 1 saturated carbocycles. The summed E-state index contributed by atoms with van der Waals surface area (Å²) in [6.45, 7) is 13.1. The van der Waals surface area contributed by atoms with Crippen LogP contribution in [0.3, 0.4) is 0 Å². The molecule has 2 fully saturated rings. The lowest BCUT2D eigenvalue weighted by atomic mass is 9.98. The molecule has 0 unspecified atom stereocenters. The molecule has 1 aliphatic heterocycles. The third-order valence-electron chi connectivity index (χ3n) is 6.89. The molecular formula is C28H35Cl2FN2O2. The summed E-state index contributed by atoms with van der Waals surface area (Å²) < 4.78 is 20.5. The Hall–Kier alpha value is -1.66. The summed E-state index contributed by atoms with van der Waals surface area (Å²) in [4.78, 5) is 17.4. The molecule has 35 heavy (non-hydrogen) atoms. The first-order chi connectivity index (χ1) is 16.4. The number of benzene rings is 2. The number of nitrogens with zero attached hydrogens (tertiary/aromatic N) is 2.